The topological polar surface area (TPSA) is 67.4 Å². The number of carbonyl (C=O) groups is 2. The SMILES string of the molecule is COCC(=O)NCCNC(=O)c1ccc(Cl)c(Cl)c1. The Labute approximate surface area is 121 Å². The summed E-state index contributed by atoms with van der Waals surface area (Å²) in [5.41, 5.74) is 0.414. The van der Waals surface area contributed by atoms with E-state index < -0.39 is 0 Å². The van der Waals surface area contributed by atoms with E-state index in [-0.39, 0.29) is 18.4 Å². The van der Waals surface area contributed by atoms with Gasteiger partial charge in [0.2, 0.25) is 5.91 Å². The van der Waals surface area contributed by atoms with Crippen LogP contribution in [-0.4, -0.2) is 38.6 Å². The molecule has 7 heteroatoms. The summed E-state index contributed by atoms with van der Waals surface area (Å²) in [4.78, 5) is 22.8. The van der Waals surface area contributed by atoms with E-state index in [4.69, 9.17) is 23.2 Å². The minimum Gasteiger partial charge on any atom is -0.375 e. The van der Waals surface area contributed by atoms with Crippen LogP contribution in [0.5, 0.6) is 0 Å². The lowest BCUT2D eigenvalue weighted by Gasteiger charge is -2.07. The van der Waals surface area contributed by atoms with Crippen molar-refractivity contribution in [2.45, 2.75) is 0 Å². The predicted molar refractivity (Wildman–Crippen MR) is 73.7 cm³/mol. The number of nitrogens with one attached hydrogen (secondary N) is 2. The molecule has 0 saturated heterocycles. The number of carbonyl (C=O) groups excluding carboxylic acids is 2. The van der Waals surface area contributed by atoms with Crippen LogP contribution >= 0.6 is 23.2 Å². The van der Waals surface area contributed by atoms with Gasteiger partial charge in [-0.1, -0.05) is 23.2 Å². The molecule has 104 valence electrons. The second kappa shape index (κ2) is 7.99. The maximum absolute atomic E-state index is 11.7. The van der Waals surface area contributed by atoms with Gasteiger partial charge >= 0.3 is 0 Å². The summed E-state index contributed by atoms with van der Waals surface area (Å²) in [5, 5.41) is 5.95. The highest BCUT2D eigenvalue weighted by Crippen LogP contribution is 2.22. The zero-order valence-electron chi connectivity index (χ0n) is 10.3. The summed E-state index contributed by atoms with van der Waals surface area (Å²) in [5.74, 6) is -0.508. The van der Waals surface area contributed by atoms with Gasteiger partial charge < -0.3 is 15.4 Å². The predicted octanol–water partition coefficient (Wildman–Crippen LogP) is 1.49. The second-order valence-electron chi connectivity index (χ2n) is 3.67. The van der Waals surface area contributed by atoms with Crippen LogP contribution in [0.3, 0.4) is 0 Å². The molecule has 1 aromatic carbocycles. The van der Waals surface area contributed by atoms with E-state index >= 15 is 0 Å². The van der Waals surface area contributed by atoms with Gasteiger partial charge in [-0.2, -0.15) is 0 Å². The van der Waals surface area contributed by atoms with E-state index in [0.717, 1.165) is 0 Å². The fraction of sp³-hybridized carbons (Fsp3) is 0.333. The number of ether oxygens (including phenoxy) is 1. The van der Waals surface area contributed by atoms with E-state index in [1.807, 2.05) is 0 Å². The maximum atomic E-state index is 11.7. The molecule has 0 aliphatic heterocycles. The average molecular weight is 305 g/mol. The Kier molecular flexibility index (Phi) is 6.62. The number of methoxy groups -OCH3 is 1. The van der Waals surface area contributed by atoms with Crippen molar-refractivity contribution < 1.29 is 14.3 Å². The molecule has 2 amide bonds. The van der Waals surface area contributed by atoms with Crippen molar-refractivity contribution in [2.24, 2.45) is 0 Å². The van der Waals surface area contributed by atoms with E-state index in [0.29, 0.717) is 28.7 Å². The Morgan fingerprint density at radius 1 is 1.16 bits per heavy atom. The summed E-state index contributed by atoms with van der Waals surface area (Å²) in [7, 11) is 1.44. The van der Waals surface area contributed by atoms with Crippen molar-refractivity contribution >= 4 is 35.0 Å². The lowest BCUT2D eigenvalue weighted by Crippen LogP contribution is -2.36. The number of hydrogen-bond acceptors (Lipinski definition) is 3. The van der Waals surface area contributed by atoms with Crippen molar-refractivity contribution in [3.8, 4) is 0 Å². The molecular weight excluding hydrogens is 291 g/mol. The van der Waals surface area contributed by atoms with Crippen LogP contribution in [0, 0.1) is 0 Å². The summed E-state index contributed by atoms with van der Waals surface area (Å²) >= 11 is 11.6. The first-order valence-corrected chi connectivity index (χ1v) is 6.29. The molecule has 2 N–H and O–H groups in total. The smallest absolute Gasteiger partial charge is 0.251 e. The Hall–Kier alpha value is -1.30. The first kappa shape index (κ1) is 15.8. The van der Waals surface area contributed by atoms with Crippen molar-refractivity contribution in [1.29, 1.82) is 0 Å². The Balaban J connectivity index is 2.35. The molecule has 0 heterocycles. The fourth-order valence-corrected chi connectivity index (χ4v) is 1.60. The fourth-order valence-electron chi connectivity index (χ4n) is 1.30. The first-order valence-electron chi connectivity index (χ1n) is 5.53. The van der Waals surface area contributed by atoms with Crippen molar-refractivity contribution in [3.05, 3.63) is 33.8 Å². The van der Waals surface area contributed by atoms with Crippen LogP contribution in [-0.2, 0) is 9.53 Å². The highest BCUT2D eigenvalue weighted by molar-refractivity contribution is 6.42. The molecule has 0 radical (unpaired) electrons. The maximum Gasteiger partial charge on any atom is 0.251 e. The number of rotatable bonds is 6. The van der Waals surface area contributed by atoms with Gasteiger partial charge in [-0.25, -0.2) is 0 Å². The molecule has 0 atom stereocenters. The van der Waals surface area contributed by atoms with Crippen LogP contribution in [0.1, 0.15) is 10.4 Å². The Bertz CT molecular complexity index is 466. The summed E-state index contributed by atoms with van der Waals surface area (Å²) in [6, 6.07) is 4.62. The van der Waals surface area contributed by atoms with Crippen molar-refractivity contribution in [2.75, 3.05) is 26.8 Å². The van der Waals surface area contributed by atoms with E-state index in [9.17, 15) is 9.59 Å². The third-order valence-corrected chi connectivity index (χ3v) is 2.93. The standard InChI is InChI=1S/C12H14Cl2N2O3/c1-19-7-11(17)15-4-5-16-12(18)8-2-3-9(13)10(14)6-8/h2-3,6H,4-5,7H2,1H3,(H,15,17)(H,16,18). The minimum absolute atomic E-state index is 0.000733. The zero-order valence-corrected chi connectivity index (χ0v) is 11.8. The molecule has 0 aromatic heterocycles. The van der Waals surface area contributed by atoms with Crippen LogP contribution in [0.4, 0.5) is 0 Å². The van der Waals surface area contributed by atoms with Crippen LogP contribution in [0.15, 0.2) is 18.2 Å². The third-order valence-electron chi connectivity index (χ3n) is 2.19. The lowest BCUT2D eigenvalue weighted by molar-refractivity contribution is -0.124. The molecule has 0 aliphatic carbocycles. The molecule has 1 aromatic rings. The van der Waals surface area contributed by atoms with Crippen molar-refractivity contribution in [3.63, 3.8) is 0 Å². The van der Waals surface area contributed by atoms with E-state index in [1.165, 1.54) is 13.2 Å². The third kappa shape index (κ3) is 5.46. The monoisotopic (exact) mass is 304 g/mol. The van der Waals surface area contributed by atoms with Gasteiger partial charge in [0.1, 0.15) is 6.61 Å². The number of amides is 2. The highest BCUT2D eigenvalue weighted by atomic mass is 35.5. The number of hydrogen-bond donors (Lipinski definition) is 2. The quantitative estimate of drug-likeness (QED) is 0.782. The normalized spacial score (nSPS) is 10.1. The van der Waals surface area contributed by atoms with Gasteiger partial charge in [-0.05, 0) is 18.2 Å². The van der Waals surface area contributed by atoms with Gasteiger partial charge in [0.05, 0.1) is 10.0 Å². The molecule has 5 nitrogen and oxygen atoms in total. The second-order valence-corrected chi connectivity index (χ2v) is 4.48. The molecule has 0 fully saturated rings. The summed E-state index contributed by atoms with van der Waals surface area (Å²) in [6.45, 7) is 0.643. The van der Waals surface area contributed by atoms with E-state index in [1.54, 1.807) is 12.1 Å². The number of benzene rings is 1. The van der Waals surface area contributed by atoms with Gasteiger partial charge in [0, 0.05) is 25.8 Å². The molecule has 1 rings (SSSR count). The van der Waals surface area contributed by atoms with E-state index in [2.05, 4.69) is 15.4 Å². The molecule has 0 bridgehead atoms. The molecule has 19 heavy (non-hydrogen) atoms. The zero-order chi connectivity index (χ0) is 14.3. The molecule has 0 spiro atoms. The van der Waals surface area contributed by atoms with Crippen LogP contribution in [0.2, 0.25) is 10.0 Å². The molecular formula is C12H14Cl2N2O3. The van der Waals surface area contributed by atoms with Gasteiger partial charge in [-0.3, -0.25) is 9.59 Å². The minimum atomic E-state index is -0.278. The van der Waals surface area contributed by atoms with Crippen molar-refractivity contribution in [1.82, 2.24) is 10.6 Å². The Morgan fingerprint density at radius 2 is 1.84 bits per heavy atom. The van der Waals surface area contributed by atoms with Gasteiger partial charge in [0.25, 0.3) is 5.91 Å². The highest BCUT2D eigenvalue weighted by Gasteiger charge is 2.07. The van der Waals surface area contributed by atoms with Crippen LogP contribution in [0.25, 0.3) is 0 Å². The summed E-state index contributed by atoms with van der Waals surface area (Å²) in [6.07, 6.45) is 0. The largest absolute Gasteiger partial charge is 0.375 e. The molecule has 0 unspecified atom stereocenters. The number of halogens is 2. The molecule has 0 aliphatic rings. The average Bonchev–Trinajstić information content (AvgIpc) is 2.38. The summed E-state index contributed by atoms with van der Waals surface area (Å²) < 4.78 is 4.65. The van der Waals surface area contributed by atoms with Gasteiger partial charge in [-0.15, -0.1) is 0 Å². The van der Waals surface area contributed by atoms with Gasteiger partial charge in [0.15, 0.2) is 0 Å². The Morgan fingerprint density at radius 3 is 2.47 bits per heavy atom. The van der Waals surface area contributed by atoms with Crippen LogP contribution < -0.4 is 10.6 Å². The molecule has 0 saturated carbocycles. The lowest BCUT2D eigenvalue weighted by atomic mass is 10.2. The first-order chi connectivity index (χ1) is 9.04.